The Labute approximate surface area is 211 Å². The topological polar surface area (TPSA) is 145 Å². The molecule has 0 saturated carbocycles. The van der Waals surface area contributed by atoms with E-state index in [1.807, 2.05) is 13.8 Å². The first-order valence-electron chi connectivity index (χ1n) is 11.0. The van der Waals surface area contributed by atoms with Crippen LogP contribution in [0.15, 0.2) is 28.1 Å². The quantitative estimate of drug-likeness (QED) is 0.538. The van der Waals surface area contributed by atoms with Crippen LogP contribution in [0.3, 0.4) is 0 Å². The monoisotopic (exact) mass is 522 g/mol. The van der Waals surface area contributed by atoms with Gasteiger partial charge in [-0.1, -0.05) is 37.0 Å². The molecule has 4 rings (SSSR count). The Bertz CT molecular complexity index is 1210. The summed E-state index contributed by atoms with van der Waals surface area (Å²) in [5, 5.41) is 41.0. The normalized spacial score (nSPS) is 22.6. The fourth-order valence-electron chi connectivity index (χ4n) is 3.76. The van der Waals surface area contributed by atoms with Crippen LogP contribution in [0.1, 0.15) is 50.8 Å². The van der Waals surface area contributed by atoms with E-state index in [9.17, 15) is 15.0 Å². The minimum absolute atomic E-state index is 0.0686. The van der Waals surface area contributed by atoms with Gasteiger partial charge in [-0.25, -0.2) is 10.3 Å². The van der Waals surface area contributed by atoms with Gasteiger partial charge in [0.15, 0.2) is 23.9 Å². The van der Waals surface area contributed by atoms with Gasteiger partial charge in [0.05, 0.1) is 15.7 Å². The summed E-state index contributed by atoms with van der Waals surface area (Å²) >= 11 is 12.9. The van der Waals surface area contributed by atoms with Crippen LogP contribution >= 0.6 is 23.2 Å². The molecule has 3 N–H and O–H groups in total. The Hall–Kier alpha value is -2.72. The molecule has 1 saturated heterocycles. The number of aromatic nitrogens is 2. The first kappa shape index (κ1) is 25.4. The van der Waals surface area contributed by atoms with Crippen molar-refractivity contribution < 1.29 is 19.7 Å². The van der Waals surface area contributed by atoms with Crippen LogP contribution < -0.4 is 20.6 Å². The largest absolute Gasteiger partial charge is 0.434 e. The zero-order chi connectivity index (χ0) is 25.3. The molecule has 2 aliphatic heterocycles. The Morgan fingerprint density at radius 3 is 2.57 bits per heavy atom. The second-order valence-corrected chi connectivity index (χ2v) is 9.20. The maximum Gasteiger partial charge on any atom is 0.272 e. The van der Waals surface area contributed by atoms with Crippen molar-refractivity contribution in [2.24, 2.45) is 5.10 Å². The number of nitriles is 1. The summed E-state index contributed by atoms with van der Waals surface area (Å²) in [4.78, 5) is 13.0. The van der Waals surface area contributed by atoms with Gasteiger partial charge in [0.1, 0.15) is 6.07 Å². The van der Waals surface area contributed by atoms with Crippen molar-refractivity contribution in [2.75, 3.05) is 11.6 Å². The number of rotatable bonds is 5. The van der Waals surface area contributed by atoms with Crippen LogP contribution in [0, 0.1) is 11.3 Å². The number of aliphatic hydroxyl groups is 2. The first-order valence-corrected chi connectivity index (χ1v) is 11.8. The SMILES string of the molecule is CC(C)c1cc(Oc2c(Cl)cc(N3N=C(C#N)C(O)NC3O)cc2Cl)nn(C2CCCCO2)c1=O. The highest BCUT2D eigenvalue weighted by Gasteiger charge is 2.30. The molecule has 3 unspecified atom stereocenters. The van der Waals surface area contributed by atoms with Crippen LogP contribution in [0.25, 0.3) is 0 Å². The van der Waals surface area contributed by atoms with Crippen LogP contribution in [0.4, 0.5) is 5.69 Å². The lowest BCUT2D eigenvalue weighted by atomic mass is 10.1. The third-order valence-electron chi connectivity index (χ3n) is 5.57. The molecule has 0 aliphatic carbocycles. The van der Waals surface area contributed by atoms with E-state index in [4.69, 9.17) is 37.9 Å². The number of nitrogens with one attached hydrogen (secondary N) is 1. The first-order chi connectivity index (χ1) is 16.7. The smallest absolute Gasteiger partial charge is 0.272 e. The molecule has 11 nitrogen and oxygen atoms in total. The molecule has 2 aromatic rings. The fourth-order valence-corrected chi connectivity index (χ4v) is 4.31. The number of hydrogen-bond acceptors (Lipinski definition) is 10. The van der Waals surface area contributed by atoms with E-state index in [-0.39, 0.29) is 44.6 Å². The fraction of sp³-hybridized carbons (Fsp3) is 0.455. The van der Waals surface area contributed by atoms with Gasteiger partial charge in [-0.2, -0.15) is 15.0 Å². The molecule has 1 fully saturated rings. The molecule has 0 amide bonds. The molecule has 1 aromatic carbocycles. The Kier molecular flexibility index (Phi) is 7.61. The second kappa shape index (κ2) is 10.5. The summed E-state index contributed by atoms with van der Waals surface area (Å²) in [5.41, 5.74) is 0.253. The maximum absolute atomic E-state index is 13.0. The highest BCUT2D eigenvalue weighted by Crippen LogP contribution is 2.40. The van der Waals surface area contributed by atoms with Crippen LogP contribution in [-0.2, 0) is 4.74 Å². The molecule has 0 bridgehead atoms. The standard InChI is InChI=1S/C22H24Cl2N6O5/c1-11(2)13-9-17(28-30(21(13)32)18-5-3-4-6-34-18)35-19-14(23)7-12(8-15(19)24)29-22(33)26-20(31)16(10-25)27-29/h7-9,11,18,20,22,26,31,33H,3-6H2,1-2H3. The molecule has 13 heteroatoms. The summed E-state index contributed by atoms with van der Waals surface area (Å²) in [6, 6.07) is 6.15. The predicted molar refractivity (Wildman–Crippen MR) is 129 cm³/mol. The third kappa shape index (κ3) is 5.28. The summed E-state index contributed by atoms with van der Waals surface area (Å²) < 4.78 is 13.0. The van der Waals surface area contributed by atoms with E-state index < -0.39 is 18.8 Å². The third-order valence-corrected chi connectivity index (χ3v) is 6.13. The van der Waals surface area contributed by atoms with Crippen LogP contribution in [0.2, 0.25) is 10.0 Å². The van der Waals surface area contributed by atoms with E-state index in [1.54, 1.807) is 12.1 Å². The van der Waals surface area contributed by atoms with Gasteiger partial charge in [-0.05, 0) is 37.3 Å². The van der Waals surface area contributed by atoms with Crippen molar-refractivity contribution in [3.05, 3.63) is 44.2 Å². The number of benzene rings is 1. The zero-order valence-corrected chi connectivity index (χ0v) is 20.5. The summed E-state index contributed by atoms with van der Waals surface area (Å²) in [6.45, 7) is 4.34. The molecule has 3 heterocycles. The zero-order valence-electron chi connectivity index (χ0n) is 19.0. The Morgan fingerprint density at radius 1 is 1.26 bits per heavy atom. The Morgan fingerprint density at radius 2 is 1.97 bits per heavy atom. The number of ether oxygens (including phenoxy) is 2. The van der Waals surface area contributed by atoms with Gasteiger partial charge in [-0.15, -0.1) is 5.10 Å². The molecule has 186 valence electrons. The summed E-state index contributed by atoms with van der Waals surface area (Å²) in [5.74, 6) is 0.108. The van der Waals surface area contributed by atoms with Gasteiger partial charge in [0, 0.05) is 18.2 Å². The lowest BCUT2D eigenvalue weighted by Gasteiger charge is -2.32. The van der Waals surface area contributed by atoms with E-state index in [2.05, 4.69) is 15.5 Å². The van der Waals surface area contributed by atoms with Crippen molar-refractivity contribution in [1.29, 1.82) is 5.26 Å². The van der Waals surface area contributed by atoms with Gasteiger partial charge in [0.2, 0.25) is 12.2 Å². The van der Waals surface area contributed by atoms with E-state index in [1.165, 1.54) is 16.8 Å². The predicted octanol–water partition coefficient (Wildman–Crippen LogP) is 3.05. The average Bonchev–Trinajstić information content (AvgIpc) is 2.82. The molecule has 35 heavy (non-hydrogen) atoms. The average molecular weight is 523 g/mol. The van der Waals surface area contributed by atoms with Crippen molar-refractivity contribution in [3.63, 3.8) is 0 Å². The summed E-state index contributed by atoms with van der Waals surface area (Å²) in [7, 11) is 0. The molecule has 1 aromatic heterocycles. The molecule has 2 aliphatic rings. The second-order valence-electron chi connectivity index (χ2n) is 8.39. The lowest BCUT2D eigenvalue weighted by Crippen LogP contribution is -2.55. The minimum atomic E-state index is -1.43. The van der Waals surface area contributed by atoms with Crippen molar-refractivity contribution in [1.82, 2.24) is 15.1 Å². The van der Waals surface area contributed by atoms with Crippen LogP contribution in [0.5, 0.6) is 11.6 Å². The molecule has 3 atom stereocenters. The summed E-state index contributed by atoms with van der Waals surface area (Å²) in [6.07, 6.45) is -0.822. The van der Waals surface area contributed by atoms with E-state index in [0.29, 0.717) is 18.6 Å². The number of halogens is 2. The number of aliphatic hydroxyl groups excluding tert-OH is 2. The number of nitrogens with zero attached hydrogens (tertiary/aromatic N) is 5. The van der Waals surface area contributed by atoms with Crippen molar-refractivity contribution >= 4 is 34.6 Å². The van der Waals surface area contributed by atoms with Gasteiger partial charge in [-0.3, -0.25) is 4.79 Å². The molecular weight excluding hydrogens is 499 g/mol. The highest BCUT2D eigenvalue weighted by molar-refractivity contribution is 6.37. The maximum atomic E-state index is 13.0. The van der Waals surface area contributed by atoms with Gasteiger partial charge in [0.25, 0.3) is 5.56 Å². The molecular formula is C22H24Cl2N6O5. The highest BCUT2D eigenvalue weighted by atomic mass is 35.5. The minimum Gasteiger partial charge on any atom is -0.434 e. The molecule has 0 radical (unpaired) electrons. The number of hydrogen-bond donors (Lipinski definition) is 3. The number of anilines is 1. The van der Waals surface area contributed by atoms with Gasteiger partial charge >= 0.3 is 0 Å². The van der Waals surface area contributed by atoms with E-state index >= 15 is 0 Å². The van der Waals surface area contributed by atoms with Crippen molar-refractivity contribution in [2.45, 2.75) is 57.8 Å². The number of hydrazone groups is 1. The van der Waals surface area contributed by atoms with E-state index in [0.717, 1.165) is 17.9 Å². The molecule has 0 spiro atoms. The lowest BCUT2D eigenvalue weighted by molar-refractivity contribution is -0.0433. The van der Waals surface area contributed by atoms with Crippen LogP contribution in [-0.4, -0.2) is 44.9 Å². The van der Waals surface area contributed by atoms with Crippen molar-refractivity contribution in [3.8, 4) is 17.7 Å². The van der Waals surface area contributed by atoms with Gasteiger partial charge < -0.3 is 19.7 Å². The Balaban J connectivity index is 1.69.